The van der Waals surface area contributed by atoms with Gasteiger partial charge < -0.3 is 10.2 Å². The van der Waals surface area contributed by atoms with E-state index in [1.54, 1.807) is 40.8 Å². The molecule has 0 bridgehead atoms. The van der Waals surface area contributed by atoms with Gasteiger partial charge >= 0.3 is 0 Å². The number of nitrogens with one attached hydrogen (secondary N) is 1. The SMILES string of the molecule is Cc1cc(=O)c(C(=O)Nc2cccc(C(=O)N3CCCC3)c2)nn1-c1ccccc1. The highest BCUT2D eigenvalue weighted by molar-refractivity contribution is 6.03. The molecule has 30 heavy (non-hydrogen) atoms. The summed E-state index contributed by atoms with van der Waals surface area (Å²) < 4.78 is 1.56. The number of anilines is 1. The van der Waals surface area contributed by atoms with E-state index in [4.69, 9.17) is 0 Å². The number of aromatic nitrogens is 2. The fourth-order valence-electron chi connectivity index (χ4n) is 3.56. The van der Waals surface area contributed by atoms with Gasteiger partial charge in [-0.1, -0.05) is 24.3 Å². The van der Waals surface area contributed by atoms with E-state index in [1.807, 2.05) is 30.3 Å². The molecule has 1 saturated heterocycles. The quantitative estimate of drug-likeness (QED) is 0.727. The van der Waals surface area contributed by atoms with Crippen LogP contribution in [0.4, 0.5) is 5.69 Å². The fraction of sp³-hybridized carbons (Fsp3) is 0.217. The third-order valence-electron chi connectivity index (χ3n) is 5.08. The second-order valence-corrected chi connectivity index (χ2v) is 7.28. The number of benzene rings is 2. The Morgan fingerprint density at radius 1 is 0.967 bits per heavy atom. The van der Waals surface area contributed by atoms with Crippen molar-refractivity contribution in [2.24, 2.45) is 0 Å². The van der Waals surface area contributed by atoms with Crippen LogP contribution in [0.5, 0.6) is 0 Å². The summed E-state index contributed by atoms with van der Waals surface area (Å²) in [6, 6.07) is 17.4. The molecule has 0 aliphatic carbocycles. The Kier molecular flexibility index (Phi) is 5.43. The summed E-state index contributed by atoms with van der Waals surface area (Å²) in [5.74, 6) is -0.668. The first kappa shape index (κ1) is 19.6. The molecule has 0 atom stereocenters. The van der Waals surface area contributed by atoms with Crippen LogP contribution in [0.1, 0.15) is 39.4 Å². The molecular weight excluding hydrogens is 380 g/mol. The smallest absolute Gasteiger partial charge is 0.280 e. The number of rotatable bonds is 4. The van der Waals surface area contributed by atoms with Crippen molar-refractivity contribution in [1.29, 1.82) is 0 Å². The molecule has 2 heterocycles. The molecule has 7 heteroatoms. The van der Waals surface area contributed by atoms with Gasteiger partial charge in [-0.3, -0.25) is 14.4 Å². The van der Waals surface area contributed by atoms with Crippen LogP contribution in [-0.4, -0.2) is 39.6 Å². The molecule has 152 valence electrons. The van der Waals surface area contributed by atoms with Gasteiger partial charge in [0.2, 0.25) is 5.43 Å². The lowest BCUT2D eigenvalue weighted by Crippen LogP contribution is -2.28. The highest BCUT2D eigenvalue weighted by Gasteiger charge is 2.20. The Balaban J connectivity index is 1.59. The molecular formula is C23H22N4O3. The molecule has 0 radical (unpaired) electrons. The van der Waals surface area contributed by atoms with Crippen molar-refractivity contribution in [3.63, 3.8) is 0 Å². The van der Waals surface area contributed by atoms with Crippen LogP contribution in [0.3, 0.4) is 0 Å². The van der Waals surface area contributed by atoms with E-state index in [9.17, 15) is 14.4 Å². The Morgan fingerprint density at radius 3 is 2.43 bits per heavy atom. The average molecular weight is 402 g/mol. The third-order valence-corrected chi connectivity index (χ3v) is 5.08. The van der Waals surface area contributed by atoms with Crippen LogP contribution in [-0.2, 0) is 0 Å². The minimum absolute atomic E-state index is 0.0523. The van der Waals surface area contributed by atoms with Gasteiger partial charge in [-0.05, 0) is 50.1 Å². The first-order chi connectivity index (χ1) is 14.5. The largest absolute Gasteiger partial charge is 0.339 e. The normalized spacial score (nSPS) is 13.3. The Hall–Kier alpha value is -3.74. The number of carbonyl (C=O) groups excluding carboxylic acids is 2. The number of amides is 2. The highest BCUT2D eigenvalue weighted by atomic mass is 16.2. The Morgan fingerprint density at radius 2 is 1.70 bits per heavy atom. The molecule has 1 N–H and O–H groups in total. The van der Waals surface area contributed by atoms with Crippen molar-refractivity contribution >= 4 is 17.5 Å². The van der Waals surface area contributed by atoms with Crippen LogP contribution < -0.4 is 10.7 Å². The van der Waals surface area contributed by atoms with Gasteiger partial charge in [-0.25, -0.2) is 4.68 Å². The number of likely N-dealkylation sites (tertiary alicyclic amines) is 1. The zero-order valence-corrected chi connectivity index (χ0v) is 16.7. The Labute approximate surface area is 174 Å². The number of nitrogens with zero attached hydrogens (tertiary/aromatic N) is 3. The molecule has 7 nitrogen and oxygen atoms in total. The maximum Gasteiger partial charge on any atom is 0.280 e. The number of hydrogen-bond donors (Lipinski definition) is 1. The van der Waals surface area contributed by atoms with Crippen molar-refractivity contribution in [2.75, 3.05) is 18.4 Å². The van der Waals surface area contributed by atoms with E-state index in [0.29, 0.717) is 16.9 Å². The second-order valence-electron chi connectivity index (χ2n) is 7.28. The van der Waals surface area contributed by atoms with E-state index in [-0.39, 0.29) is 11.6 Å². The van der Waals surface area contributed by atoms with Gasteiger partial charge in [0.15, 0.2) is 5.69 Å². The summed E-state index contributed by atoms with van der Waals surface area (Å²) >= 11 is 0. The van der Waals surface area contributed by atoms with Gasteiger partial charge in [-0.15, -0.1) is 0 Å². The first-order valence-corrected chi connectivity index (χ1v) is 9.90. The summed E-state index contributed by atoms with van der Waals surface area (Å²) in [6.07, 6.45) is 2.02. The standard InChI is InChI=1S/C23H22N4O3/c1-16-14-20(28)21(25-27(16)19-10-3-2-4-11-19)22(29)24-18-9-7-8-17(15-18)23(30)26-12-5-6-13-26/h2-4,7-11,14-15H,5-6,12-13H2,1H3,(H,24,29). The predicted octanol–water partition coefficient (Wildman–Crippen LogP) is 3.03. The molecule has 0 saturated carbocycles. The summed E-state index contributed by atoms with van der Waals surface area (Å²) in [6.45, 7) is 3.26. The third kappa shape index (κ3) is 4.00. The van der Waals surface area contributed by atoms with Gasteiger partial charge in [0.05, 0.1) is 5.69 Å². The van der Waals surface area contributed by atoms with E-state index in [0.717, 1.165) is 31.6 Å². The van der Waals surface area contributed by atoms with Crippen LogP contribution in [0.15, 0.2) is 65.5 Å². The molecule has 3 aromatic rings. The Bertz CT molecular complexity index is 1150. The summed E-state index contributed by atoms with van der Waals surface area (Å²) in [5.41, 5.74) is 1.66. The van der Waals surface area contributed by atoms with Gasteiger partial charge in [0, 0.05) is 36.1 Å². The van der Waals surface area contributed by atoms with Crippen molar-refractivity contribution in [3.05, 3.63) is 87.8 Å². The van der Waals surface area contributed by atoms with Crippen LogP contribution >= 0.6 is 0 Å². The molecule has 1 aliphatic heterocycles. The van der Waals surface area contributed by atoms with Crippen molar-refractivity contribution in [2.45, 2.75) is 19.8 Å². The molecule has 1 aromatic heterocycles. The molecule has 1 fully saturated rings. The molecule has 2 aromatic carbocycles. The highest BCUT2D eigenvalue weighted by Crippen LogP contribution is 2.17. The summed E-state index contributed by atoms with van der Waals surface area (Å²) in [7, 11) is 0. The van der Waals surface area contributed by atoms with Crippen molar-refractivity contribution in [3.8, 4) is 5.69 Å². The average Bonchev–Trinajstić information content (AvgIpc) is 3.29. The summed E-state index contributed by atoms with van der Waals surface area (Å²) in [5, 5.41) is 6.97. The topological polar surface area (TPSA) is 84.3 Å². The number of para-hydroxylation sites is 1. The minimum Gasteiger partial charge on any atom is -0.339 e. The van der Waals surface area contributed by atoms with Crippen LogP contribution in [0.25, 0.3) is 5.69 Å². The maximum atomic E-state index is 12.8. The van der Waals surface area contributed by atoms with E-state index in [1.165, 1.54) is 6.07 Å². The summed E-state index contributed by atoms with van der Waals surface area (Å²) in [4.78, 5) is 39.6. The second kappa shape index (κ2) is 8.32. The van der Waals surface area contributed by atoms with E-state index >= 15 is 0 Å². The lowest BCUT2D eigenvalue weighted by Gasteiger charge is -2.16. The van der Waals surface area contributed by atoms with Crippen molar-refractivity contribution < 1.29 is 9.59 Å². The molecule has 4 rings (SSSR count). The van der Waals surface area contributed by atoms with E-state index in [2.05, 4.69) is 10.4 Å². The molecule has 2 amide bonds. The maximum absolute atomic E-state index is 12.8. The van der Waals surface area contributed by atoms with Gasteiger partial charge in [-0.2, -0.15) is 5.10 Å². The molecule has 0 unspecified atom stereocenters. The van der Waals surface area contributed by atoms with Gasteiger partial charge in [0.1, 0.15) is 0 Å². The fourth-order valence-corrected chi connectivity index (χ4v) is 3.56. The van der Waals surface area contributed by atoms with Crippen LogP contribution in [0.2, 0.25) is 0 Å². The zero-order chi connectivity index (χ0) is 21.1. The number of carbonyl (C=O) groups is 2. The van der Waals surface area contributed by atoms with Crippen molar-refractivity contribution in [1.82, 2.24) is 14.7 Å². The molecule has 0 spiro atoms. The monoisotopic (exact) mass is 402 g/mol. The number of hydrogen-bond acceptors (Lipinski definition) is 4. The predicted molar refractivity (Wildman–Crippen MR) is 114 cm³/mol. The first-order valence-electron chi connectivity index (χ1n) is 9.90. The van der Waals surface area contributed by atoms with Gasteiger partial charge in [0.25, 0.3) is 11.8 Å². The zero-order valence-electron chi connectivity index (χ0n) is 16.7. The van der Waals surface area contributed by atoms with E-state index < -0.39 is 11.3 Å². The minimum atomic E-state index is -0.615. The lowest BCUT2D eigenvalue weighted by molar-refractivity contribution is 0.0792. The lowest BCUT2D eigenvalue weighted by atomic mass is 10.1. The number of aryl methyl sites for hydroxylation is 1. The van der Waals surface area contributed by atoms with Crippen LogP contribution in [0, 0.1) is 6.92 Å². The molecule has 1 aliphatic rings.